The third-order valence-corrected chi connectivity index (χ3v) is 2.41. The minimum atomic E-state index is -0.571. The first-order valence-electron chi connectivity index (χ1n) is 6.19. The number of hydrogen-bond acceptors (Lipinski definition) is 5. The van der Waals surface area contributed by atoms with E-state index in [4.69, 9.17) is 9.25 Å². The van der Waals surface area contributed by atoms with Gasteiger partial charge in [-0.25, -0.2) is 4.79 Å². The van der Waals surface area contributed by atoms with Crippen LogP contribution in [0.1, 0.15) is 44.9 Å². The van der Waals surface area contributed by atoms with E-state index in [9.17, 15) is 9.90 Å². The number of nitrogens with zero attached hydrogens (tertiary/aromatic N) is 1. The average Bonchev–Trinajstić information content (AvgIpc) is 2.33. The van der Waals surface area contributed by atoms with Crippen LogP contribution in [0.25, 0.3) is 0 Å². The van der Waals surface area contributed by atoms with Gasteiger partial charge in [-0.1, -0.05) is 19.0 Å². The number of oxime groups is 1. The molecule has 0 saturated carbocycles. The maximum absolute atomic E-state index is 11.8. The van der Waals surface area contributed by atoms with Crippen LogP contribution in [-0.4, -0.2) is 17.4 Å². The van der Waals surface area contributed by atoms with Crippen molar-refractivity contribution >= 4 is 5.71 Å². The summed E-state index contributed by atoms with van der Waals surface area (Å²) in [5, 5.41) is 13.7. The number of hydrogen-bond donors (Lipinski definition) is 1. The van der Waals surface area contributed by atoms with Gasteiger partial charge in [0.15, 0.2) is 0 Å². The molecule has 0 bridgehead atoms. The first-order chi connectivity index (χ1) is 8.63. The van der Waals surface area contributed by atoms with Crippen LogP contribution in [0.3, 0.4) is 0 Å². The van der Waals surface area contributed by atoms with Crippen LogP contribution in [0.4, 0.5) is 0 Å². The van der Waals surface area contributed by atoms with Gasteiger partial charge in [0.25, 0.3) is 0 Å². The van der Waals surface area contributed by atoms with E-state index in [0.717, 1.165) is 6.42 Å². The smallest absolute Gasteiger partial charge is 0.349 e. The van der Waals surface area contributed by atoms with Crippen molar-refractivity contribution in [3.63, 3.8) is 0 Å². The van der Waals surface area contributed by atoms with E-state index in [-0.39, 0.29) is 11.3 Å². The summed E-state index contributed by atoms with van der Waals surface area (Å²) in [4.78, 5) is 16.8. The molecule has 1 N–H and O–H groups in total. The second-order valence-electron chi connectivity index (χ2n) is 3.82. The van der Waals surface area contributed by atoms with Crippen molar-refractivity contribution in [2.75, 3.05) is 6.61 Å². The van der Waals surface area contributed by atoms with Gasteiger partial charge in [0, 0.05) is 12.5 Å². The van der Waals surface area contributed by atoms with Crippen molar-refractivity contribution in [2.24, 2.45) is 5.16 Å². The fourth-order valence-corrected chi connectivity index (χ4v) is 1.59. The maximum Gasteiger partial charge on any atom is 0.349 e. The van der Waals surface area contributed by atoms with E-state index in [2.05, 4.69) is 5.16 Å². The zero-order chi connectivity index (χ0) is 13.5. The largest absolute Gasteiger partial charge is 0.507 e. The Labute approximate surface area is 106 Å². The quantitative estimate of drug-likeness (QED) is 0.624. The van der Waals surface area contributed by atoms with Crippen molar-refractivity contribution in [1.29, 1.82) is 0 Å². The Balaban J connectivity index is 3.20. The molecule has 0 aliphatic rings. The molecule has 1 aromatic rings. The summed E-state index contributed by atoms with van der Waals surface area (Å²) < 4.78 is 5.14. The molecule has 0 aliphatic heterocycles. The molecule has 1 heterocycles. The maximum atomic E-state index is 11.8. The molecule has 0 fully saturated rings. The molecule has 0 spiro atoms. The lowest BCUT2D eigenvalue weighted by Gasteiger charge is -2.06. The fraction of sp³-hybridized carbons (Fsp3) is 0.538. The Morgan fingerprint density at radius 3 is 2.67 bits per heavy atom. The van der Waals surface area contributed by atoms with E-state index < -0.39 is 5.63 Å². The molecule has 0 aliphatic carbocycles. The zero-order valence-electron chi connectivity index (χ0n) is 11.0. The van der Waals surface area contributed by atoms with Crippen LogP contribution < -0.4 is 5.63 Å². The standard InChI is InChI=1S/C13H19NO4/c1-4-7-9-8-11(15)12(13(16)18-9)10(5-2)14-17-6-3/h8,15H,4-7H2,1-3H3. The molecule has 0 saturated heterocycles. The van der Waals surface area contributed by atoms with Crippen LogP contribution in [0.2, 0.25) is 0 Å². The predicted octanol–water partition coefficient (Wildman–Crippen LogP) is 2.45. The minimum Gasteiger partial charge on any atom is -0.507 e. The highest BCUT2D eigenvalue weighted by molar-refractivity contribution is 6.01. The Kier molecular flexibility index (Phi) is 5.42. The molecule has 1 aromatic heterocycles. The van der Waals surface area contributed by atoms with Gasteiger partial charge >= 0.3 is 5.63 Å². The first-order valence-corrected chi connectivity index (χ1v) is 6.19. The summed E-state index contributed by atoms with van der Waals surface area (Å²) >= 11 is 0. The zero-order valence-corrected chi connectivity index (χ0v) is 11.0. The predicted molar refractivity (Wildman–Crippen MR) is 69.1 cm³/mol. The molecule has 0 radical (unpaired) electrons. The monoisotopic (exact) mass is 253 g/mol. The number of aryl methyl sites for hydroxylation is 1. The third-order valence-electron chi connectivity index (χ3n) is 2.41. The second-order valence-corrected chi connectivity index (χ2v) is 3.82. The van der Waals surface area contributed by atoms with Gasteiger partial charge in [-0.3, -0.25) is 0 Å². The van der Waals surface area contributed by atoms with Crippen molar-refractivity contribution in [3.05, 3.63) is 27.8 Å². The van der Waals surface area contributed by atoms with E-state index in [1.165, 1.54) is 6.07 Å². The number of aromatic hydroxyl groups is 1. The van der Waals surface area contributed by atoms with E-state index in [1.807, 2.05) is 13.8 Å². The molecule has 0 aromatic carbocycles. The topological polar surface area (TPSA) is 72.0 Å². The Bertz CT molecular complexity index is 476. The average molecular weight is 253 g/mol. The molecular weight excluding hydrogens is 234 g/mol. The van der Waals surface area contributed by atoms with Crippen molar-refractivity contribution in [2.45, 2.75) is 40.0 Å². The normalized spacial score (nSPS) is 11.6. The lowest BCUT2D eigenvalue weighted by atomic mass is 10.1. The molecule has 100 valence electrons. The van der Waals surface area contributed by atoms with Crippen LogP contribution in [0.15, 0.2) is 20.4 Å². The van der Waals surface area contributed by atoms with Gasteiger partial charge in [0.05, 0.1) is 5.71 Å². The molecule has 0 atom stereocenters. The van der Waals surface area contributed by atoms with E-state index in [0.29, 0.717) is 30.9 Å². The molecule has 18 heavy (non-hydrogen) atoms. The highest BCUT2D eigenvalue weighted by Crippen LogP contribution is 2.18. The van der Waals surface area contributed by atoms with Crippen LogP contribution in [0, 0.1) is 0 Å². The SMILES string of the molecule is CCCc1cc(O)c(C(CC)=NOCC)c(=O)o1. The summed E-state index contributed by atoms with van der Waals surface area (Å²) in [7, 11) is 0. The minimum absolute atomic E-state index is 0.0887. The molecule has 5 nitrogen and oxygen atoms in total. The summed E-state index contributed by atoms with van der Waals surface area (Å²) in [6, 6.07) is 1.47. The second kappa shape index (κ2) is 6.83. The van der Waals surface area contributed by atoms with Crippen molar-refractivity contribution < 1.29 is 14.4 Å². The summed E-state index contributed by atoms with van der Waals surface area (Å²) in [5.41, 5.74) is -0.0873. The Hall–Kier alpha value is -1.78. The van der Waals surface area contributed by atoms with E-state index >= 15 is 0 Å². The van der Waals surface area contributed by atoms with Crippen molar-refractivity contribution in [3.8, 4) is 5.75 Å². The summed E-state index contributed by atoms with van der Waals surface area (Å²) in [5.74, 6) is 0.380. The summed E-state index contributed by atoms with van der Waals surface area (Å²) in [6.45, 7) is 6.00. The third kappa shape index (κ3) is 3.35. The highest BCUT2D eigenvalue weighted by Gasteiger charge is 2.16. The van der Waals surface area contributed by atoms with Crippen molar-refractivity contribution in [1.82, 2.24) is 0 Å². The number of rotatable bonds is 6. The molecule has 1 rings (SSSR count). The van der Waals surface area contributed by atoms with Gasteiger partial charge in [-0.2, -0.15) is 0 Å². The van der Waals surface area contributed by atoms with Gasteiger partial charge in [0.2, 0.25) is 0 Å². The summed E-state index contributed by atoms with van der Waals surface area (Å²) in [6.07, 6.45) is 1.94. The first kappa shape index (κ1) is 14.3. The van der Waals surface area contributed by atoms with E-state index in [1.54, 1.807) is 6.92 Å². The lowest BCUT2D eigenvalue weighted by molar-refractivity contribution is 0.158. The highest BCUT2D eigenvalue weighted by atomic mass is 16.6. The molecule has 5 heteroatoms. The Morgan fingerprint density at radius 1 is 1.44 bits per heavy atom. The fourth-order valence-electron chi connectivity index (χ4n) is 1.59. The van der Waals surface area contributed by atoms with Gasteiger partial charge in [-0.15, -0.1) is 0 Å². The van der Waals surface area contributed by atoms with Crippen LogP contribution in [-0.2, 0) is 11.3 Å². The van der Waals surface area contributed by atoms with Crippen LogP contribution in [0.5, 0.6) is 5.75 Å². The lowest BCUT2D eigenvalue weighted by Crippen LogP contribution is -2.16. The van der Waals surface area contributed by atoms with Gasteiger partial charge in [0.1, 0.15) is 23.7 Å². The van der Waals surface area contributed by atoms with Gasteiger partial charge in [-0.05, 0) is 19.8 Å². The molecule has 0 amide bonds. The molecule has 0 unspecified atom stereocenters. The Morgan fingerprint density at radius 2 is 2.17 bits per heavy atom. The molecular formula is C13H19NO4. The van der Waals surface area contributed by atoms with Gasteiger partial charge < -0.3 is 14.4 Å². The van der Waals surface area contributed by atoms with Crippen LogP contribution >= 0.6 is 0 Å².